The van der Waals surface area contributed by atoms with Crippen LogP contribution in [0.15, 0.2) is 18.2 Å². The van der Waals surface area contributed by atoms with Gasteiger partial charge in [-0.15, -0.1) is 22.7 Å². The zero-order chi connectivity index (χ0) is 19.8. The molecule has 2 heterocycles. The topological polar surface area (TPSA) is 75.3 Å². The Kier molecular flexibility index (Phi) is 5.53. The first-order valence-corrected chi connectivity index (χ1v) is 10.6. The zero-order valence-corrected chi connectivity index (χ0v) is 17.6. The summed E-state index contributed by atoms with van der Waals surface area (Å²) in [4.78, 5) is 38.7. The molecule has 2 N–H and O–H groups in total. The van der Waals surface area contributed by atoms with Gasteiger partial charge in [0.2, 0.25) is 0 Å². The third-order valence-electron chi connectivity index (χ3n) is 5.00. The Labute approximate surface area is 167 Å². The highest BCUT2D eigenvalue weighted by Crippen LogP contribution is 2.40. The fourth-order valence-electron chi connectivity index (χ4n) is 3.26. The average molecular weight is 405 g/mol. The van der Waals surface area contributed by atoms with Crippen LogP contribution in [0.2, 0.25) is 0 Å². The molecule has 0 aromatic carbocycles. The van der Waals surface area contributed by atoms with Gasteiger partial charge in [0, 0.05) is 4.88 Å². The average Bonchev–Trinajstić information content (AvgIpc) is 3.24. The Morgan fingerprint density at radius 3 is 2.22 bits per heavy atom. The molecular formula is C20H24N2O3S2. The lowest BCUT2D eigenvalue weighted by Crippen LogP contribution is -2.41. The van der Waals surface area contributed by atoms with Gasteiger partial charge in [-0.05, 0) is 61.3 Å². The number of ketones is 1. The van der Waals surface area contributed by atoms with Crippen molar-refractivity contribution >= 4 is 40.3 Å². The maximum atomic E-state index is 12.4. The Morgan fingerprint density at radius 1 is 1.00 bits per heavy atom. The SMILES string of the molecule is CC(=O)c1ccc(C(=O)NNC(=O)c2cc3c(s2)CC[C@H](C(C)(C)C)C3)s1. The summed E-state index contributed by atoms with van der Waals surface area (Å²) >= 11 is 2.62. The molecule has 0 saturated heterocycles. The molecule has 27 heavy (non-hydrogen) atoms. The van der Waals surface area contributed by atoms with Gasteiger partial charge in [0.05, 0.1) is 14.6 Å². The quantitative estimate of drug-likeness (QED) is 0.593. The van der Waals surface area contributed by atoms with Gasteiger partial charge in [-0.25, -0.2) is 0 Å². The second kappa shape index (κ2) is 7.56. The van der Waals surface area contributed by atoms with E-state index in [1.807, 2.05) is 6.07 Å². The number of hydrogen-bond acceptors (Lipinski definition) is 5. The number of amides is 2. The molecule has 2 aromatic rings. The van der Waals surface area contributed by atoms with E-state index in [0.717, 1.165) is 30.6 Å². The minimum absolute atomic E-state index is 0.0826. The second-order valence-corrected chi connectivity index (χ2v) is 10.2. The van der Waals surface area contributed by atoms with Gasteiger partial charge in [0.1, 0.15) is 0 Å². The van der Waals surface area contributed by atoms with Crippen molar-refractivity contribution in [2.24, 2.45) is 11.3 Å². The summed E-state index contributed by atoms with van der Waals surface area (Å²) in [5.74, 6) is -0.196. The number of thiophene rings is 2. The number of fused-ring (bicyclic) bond motifs is 1. The van der Waals surface area contributed by atoms with Crippen LogP contribution in [0.25, 0.3) is 0 Å². The number of aryl methyl sites for hydroxylation is 1. The van der Waals surface area contributed by atoms with Crippen LogP contribution in [0.3, 0.4) is 0 Å². The first kappa shape index (κ1) is 19.8. The maximum Gasteiger partial charge on any atom is 0.279 e. The highest BCUT2D eigenvalue weighted by molar-refractivity contribution is 7.16. The summed E-state index contributed by atoms with van der Waals surface area (Å²) in [6, 6.07) is 5.15. The van der Waals surface area contributed by atoms with Crippen molar-refractivity contribution in [3.8, 4) is 0 Å². The van der Waals surface area contributed by atoms with E-state index in [0.29, 0.717) is 20.5 Å². The number of rotatable bonds is 3. The molecule has 0 unspecified atom stereocenters. The van der Waals surface area contributed by atoms with Gasteiger partial charge in [-0.2, -0.15) is 0 Å². The van der Waals surface area contributed by atoms with Crippen LogP contribution >= 0.6 is 22.7 Å². The Bertz CT molecular complexity index is 889. The van der Waals surface area contributed by atoms with Gasteiger partial charge < -0.3 is 0 Å². The summed E-state index contributed by atoms with van der Waals surface area (Å²) in [5, 5.41) is 0. The molecule has 0 fully saturated rings. The first-order chi connectivity index (χ1) is 12.6. The molecule has 3 rings (SSSR count). The van der Waals surface area contributed by atoms with Crippen LogP contribution in [-0.4, -0.2) is 17.6 Å². The highest BCUT2D eigenvalue weighted by atomic mass is 32.1. The lowest BCUT2D eigenvalue weighted by molar-refractivity contribution is 0.0851. The Hall–Kier alpha value is -1.99. The van der Waals surface area contributed by atoms with Crippen molar-refractivity contribution in [2.45, 2.75) is 47.0 Å². The molecular weight excluding hydrogens is 380 g/mol. The lowest BCUT2D eigenvalue weighted by Gasteiger charge is -2.33. The highest BCUT2D eigenvalue weighted by Gasteiger charge is 2.30. The van der Waals surface area contributed by atoms with E-state index >= 15 is 0 Å². The fourth-order valence-corrected chi connectivity index (χ4v) is 5.16. The van der Waals surface area contributed by atoms with E-state index in [1.165, 1.54) is 28.7 Å². The van der Waals surface area contributed by atoms with Crippen LogP contribution < -0.4 is 10.9 Å². The minimum atomic E-state index is -0.421. The van der Waals surface area contributed by atoms with Crippen LogP contribution in [0.5, 0.6) is 0 Å². The molecule has 1 aliphatic carbocycles. The molecule has 1 atom stereocenters. The standard InChI is InChI=1S/C20H24N2O3S2/c1-11(23)14-7-8-16(26-14)18(24)21-22-19(25)17-10-12-9-13(20(2,3)4)5-6-15(12)27-17/h7-8,10,13H,5-6,9H2,1-4H3,(H,21,24)(H,22,25)/t13-/m0/s1. The first-order valence-electron chi connectivity index (χ1n) is 8.98. The molecule has 144 valence electrons. The van der Waals surface area contributed by atoms with Crippen LogP contribution in [0, 0.1) is 11.3 Å². The third kappa shape index (κ3) is 4.47. The maximum absolute atomic E-state index is 12.4. The van der Waals surface area contributed by atoms with Gasteiger partial charge in [-0.3, -0.25) is 25.2 Å². The Balaban J connectivity index is 1.61. The second-order valence-electron chi connectivity index (χ2n) is 7.99. The fraction of sp³-hybridized carbons (Fsp3) is 0.450. The molecule has 0 spiro atoms. The minimum Gasteiger partial charge on any atom is -0.294 e. The number of nitrogens with one attached hydrogen (secondary N) is 2. The molecule has 2 aromatic heterocycles. The lowest BCUT2D eigenvalue weighted by atomic mass is 9.72. The normalized spacial score (nSPS) is 16.5. The smallest absolute Gasteiger partial charge is 0.279 e. The van der Waals surface area contributed by atoms with E-state index in [4.69, 9.17) is 0 Å². The molecule has 5 nitrogen and oxygen atoms in total. The molecule has 7 heteroatoms. The molecule has 2 amide bonds. The predicted molar refractivity (Wildman–Crippen MR) is 109 cm³/mol. The summed E-state index contributed by atoms with van der Waals surface area (Å²) in [6.45, 7) is 8.25. The van der Waals surface area contributed by atoms with Crippen LogP contribution in [-0.2, 0) is 12.8 Å². The zero-order valence-electron chi connectivity index (χ0n) is 16.0. The van der Waals surface area contributed by atoms with Crippen LogP contribution in [0.1, 0.15) is 73.6 Å². The molecule has 0 aliphatic heterocycles. The van der Waals surface area contributed by atoms with Gasteiger partial charge in [0.25, 0.3) is 11.8 Å². The van der Waals surface area contributed by atoms with Crippen molar-refractivity contribution in [3.63, 3.8) is 0 Å². The van der Waals surface area contributed by atoms with Gasteiger partial charge >= 0.3 is 0 Å². The molecule has 0 saturated carbocycles. The number of hydrogen-bond donors (Lipinski definition) is 2. The Morgan fingerprint density at radius 2 is 1.63 bits per heavy atom. The van der Waals surface area contributed by atoms with Crippen molar-refractivity contribution < 1.29 is 14.4 Å². The van der Waals surface area contributed by atoms with Crippen LogP contribution in [0.4, 0.5) is 0 Å². The molecule has 1 aliphatic rings. The number of Topliss-reactive ketones (excluding diaryl/α,β-unsaturated/α-hetero) is 1. The summed E-state index contributed by atoms with van der Waals surface area (Å²) in [6.07, 6.45) is 3.15. The van der Waals surface area contributed by atoms with Crippen molar-refractivity contribution in [3.05, 3.63) is 43.3 Å². The van der Waals surface area contributed by atoms with Gasteiger partial charge in [0.15, 0.2) is 5.78 Å². The monoisotopic (exact) mass is 404 g/mol. The number of hydrazine groups is 1. The van der Waals surface area contributed by atoms with Crippen molar-refractivity contribution in [2.75, 3.05) is 0 Å². The van der Waals surface area contributed by atoms with E-state index in [2.05, 4.69) is 31.6 Å². The van der Waals surface area contributed by atoms with Gasteiger partial charge in [-0.1, -0.05) is 20.8 Å². The molecule has 0 radical (unpaired) electrons. The van der Waals surface area contributed by atoms with E-state index in [9.17, 15) is 14.4 Å². The third-order valence-corrected chi connectivity index (χ3v) is 7.42. The summed E-state index contributed by atoms with van der Waals surface area (Å²) < 4.78 is 0. The van der Waals surface area contributed by atoms with E-state index in [-0.39, 0.29) is 17.1 Å². The number of carbonyl (C=O) groups is 3. The van der Waals surface area contributed by atoms with Crippen molar-refractivity contribution in [1.29, 1.82) is 0 Å². The molecule has 0 bridgehead atoms. The largest absolute Gasteiger partial charge is 0.294 e. The van der Waals surface area contributed by atoms with Crippen molar-refractivity contribution in [1.82, 2.24) is 10.9 Å². The van der Waals surface area contributed by atoms with E-state index < -0.39 is 5.91 Å². The summed E-state index contributed by atoms with van der Waals surface area (Å²) in [7, 11) is 0. The van der Waals surface area contributed by atoms with E-state index in [1.54, 1.807) is 12.1 Å². The summed E-state index contributed by atoms with van der Waals surface area (Å²) in [5.41, 5.74) is 6.43. The predicted octanol–water partition coefficient (Wildman–Crippen LogP) is 4.24. The number of carbonyl (C=O) groups excluding carboxylic acids is 3.